The van der Waals surface area contributed by atoms with Gasteiger partial charge in [0, 0.05) is 17.8 Å². The SMILES string of the molecule is CCOc1cc(/C=C(/C#N)C(=O)Nc2cccc([N+](=O)[O-])c2)cc(Br)c1OCc1ccc(C)cc1. The van der Waals surface area contributed by atoms with E-state index in [0.717, 1.165) is 11.1 Å². The molecule has 178 valence electrons. The molecule has 0 unspecified atom stereocenters. The van der Waals surface area contributed by atoms with Crippen LogP contribution in [0.25, 0.3) is 6.08 Å². The van der Waals surface area contributed by atoms with Gasteiger partial charge in [0.1, 0.15) is 18.2 Å². The molecule has 3 rings (SSSR count). The number of nitro groups is 1. The predicted octanol–water partition coefficient (Wildman–Crippen LogP) is 6.19. The van der Waals surface area contributed by atoms with Crippen LogP contribution in [0.1, 0.15) is 23.6 Å². The zero-order valence-electron chi connectivity index (χ0n) is 19.1. The Hall–Kier alpha value is -4.16. The Morgan fingerprint density at radius 2 is 1.91 bits per heavy atom. The molecular formula is C26H22BrN3O5. The maximum absolute atomic E-state index is 12.6. The molecule has 0 saturated carbocycles. The second-order valence-corrected chi connectivity index (χ2v) is 8.32. The van der Waals surface area contributed by atoms with Gasteiger partial charge in [-0.2, -0.15) is 5.26 Å². The summed E-state index contributed by atoms with van der Waals surface area (Å²) in [6, 6.07) is 18.7. The van der Waals surface area contributed by atoms with Gasteiger partial charge < -0.3 is 14.8 Å². The fourth-order valence-electron chi connectivity index (χ4n) is 3.13. The third kappa shape index (κ3) is 6.91. The molecule has 0 heterocycles. The normalized spacial score (nSPS) is 10.9. The Morgan fingerprint density at radius 3 is 2.57 bits per heavy atom. The lowest BCUT2D eigenvalue weighted by Gasteiger charge is -2.15. The number of ether oxygens (including phenoxy) is 2. The molecule has 9 heteroatoms. The number of rotatable bonds is 9. The average molecular weight is 536 g/mol. The zero-order chi connectivity index (χ0) is 25.4. The molecule has 0 aliphatic carbocycles. The number of nitrogens with zero attached hydrogens (tertiary/aromatic N) is 2. The summed E-state index contributed by atoms with van der Waals surface area (Å²) in [7, 11) is 0. The first-order valence-corrected chi connectivity index (χ1v) is 11.4. The minimum Gasteiger partial charge on any atom is -0.490 e. The molecular weight excluding hydrogens is 514 g/mol. The number of aryl methyl sites for hydroxylation is 1. The molecule has 0 saturated heterocycles. The van der Waals surface area contributed by atoms with E-state index in [0.29, 0.717) is 34.7 Å². The van der Waals surface area contributed by atoms with Gasteiger partial charge in [-0.3, -0.25) is 14.9 Å². The van der Waals surface area contributed by atoms with Crippen LogP contribution in [0, 0.1) is 28.4 Å². The summed E-state index contributed by atoms with van der Waals surface area (Å²) >= 11 is 3.50. The third-order valence-corrected chi connectivity index (χ3v) is 5.42. The Bertz CT molecular complexity index is 1310. The van der Waals surface area contributed by atoms with Gasteiger partial charge >= 0.3 is 0 Å². The number of carbonyl (C=O) groups is 1. The van der Waals surface area contributed by atoms with E-state index in [-0.39, 0.29) is 16.9 Å². The topological polar surface area (TPSA) is 114 Å². The van der Waals surface area contributed by atoms with Gasteiger partial charge in [0.25, 0.3) is 11.6 Å². The molecule has 0 spiro atoms. The molecule has 3 aromatic carbocycles. The maximum atomic E-state index is 12.6. The van der Waals surface area contributed by atoms with Crippen LogP contribution in [0.2, 0.25) is 0 Å². The number of amides is 1. The number of nitrogens with one attached hydrogen (secondary N) is 1. The highest BCUT2D eigenvalue weighted by atomic mass is 79.9. The van der Waals surface area contributed by atoms with Gasteiger partial charge in [-0.15, -0.1) is 0 Å². The predicted molar refractivity (Wildman–Crippen MR) is 136 cm³/mol. The van der Waals surface area contributed by atoms with Crippen molar-refractivity contribution >= 4 is 39.3 Å². The highest BCUT2D eigenvalue weighted by Gasteiger charge is 2.16. The number of hydrogen-bond donors (Lipinski definition) is 1. The van der Waals surface area contributed by atoms with Gasteiger partial charge in [-0.25, -0.2) is 0 Å². The number of non-ortho nitro benzene ring substituents is 1. The summed E-state index contributed by atoms with van der Waals surface area (Å²) in [5, 5.41) is 23.0. The molecule has 8 nitrogen and oxygen atoms in total. The van der Waals surface area contributed by atoms with E-state index >= 15 is 0 Å². The van der Waals surface area contributed by atoms with E-state index in [1.165, 1.54) is 30.3 Å². The molecule has 1 amide bonds. The smallest absolute Gasteiger partial charge is 0.271 e. The number of carbonyl (C=O) groups excluding carboxylic acids is 1. The molecule has 1 N–H and O–H groups in total. The fourth-order valence-corrected chi connectivity index (χ4v) is 3.70. The molecule has 0 aliphatic rings. The van der Waals surface area contributed by atoms with Crippen LogP contribution in [-0.4, -0.2) is 17.4 Å². The van der Waals surface area contributed by atoms with E-state index < -0.39 is 10.8 Å². The van der Waals surface area contributed by atoms with Crippen molar-refractivity contribution in [3.05, 3.63) is 97.5 Å². The largest absolute Gasteiger partial charge is 0.490 e. The van der Waals surface area contributed by atoms with Crippen molar-refractivity contribution in [2.24, 2.45) is 0 Å². The number of hydrogen-bond acceptors (Lipinski definition) is 6. The Labute approximate surface area is 211 Å². The first kappa shape index (κ1) is 25.5. The summed E-state index contributed by atoms with van der Waals surface area (Å²) in [5.41, 5.74) is 2.55. The number of nitriles is 1. The van der Waals surface area contributed by atoms with Gasteiger partial charge in [0.2, 0.25) is 0 Å². The van der Waals surface area contributed by atoms with Crippen LogP contribution in [0.4, 0.5) is 11.4 Å². The van der Waals surface area contributed by atoms with Gasteiger partial charge in [-0.1, -0.05) is 35.9 Å². The third-order valence-electron chi connectivity index (χ3n) is 4.83. The van der Waals surface area contributed by atoms with Crippen molar-refractivity contribution in [3.63, 3.8) is 0 Å². The molecule has 35 heavy (non-hydrogen) atoms. The Morgan fingerprint density at radius 1 is 1.17 bits per heavy atom. The minimum absolute atomic E-state index is 0.170. The maximum Gasteiger partial charge on any atom is 0.271 e. The molecule has 0 atom stereocenters. The van der Waals surface area contributed by atoms with E-state index in [2.05, 4.69) is 21.2 Å². The molecule has 0 aliphatic heterocycles. The fraction of sp³-hybridized carbons (Fsp3) is 0.154. The van der Waals surface area contributed by atoms with Crippen LogP contribution in [-0.2, 0) is 11.4 Å². The van der Waals surface area contributed by atoms with E-state index in [1.807, 2.05) is 44.2 Å². The Balaban J connectivity index is 1.84. The van der Waals surface area contributed by atoms with Crippen molar-refractivity contribution in [2.45, 2.75) is 20.5 Å². The summed E-state index contributed by atoms with van der Waals surface area (Å²) < 4.78 is 12.3. The highest BCUT2D eigenvalue weighted by molar-refractivity contribution is 9.10. The number of anilines is 1. The van der Waals surface area contributed by atoms with Gasteiger partial charge in [0.15, 0.2) is 11.5 Å². The van der Waals surface area contributed by atoms with Crippen LogP contribution in [0.5, 0.6) is 11.5 Å². The van der Waals surface area contributed by atoms with Crippen molar-refractivity contribution in [1.82, 2.24) is 0 Å². The van der Waals surface area contributed by atoms with E-state index in [1.54, 1.807) is 12.1 Å². The first-order valence-electron chi connectivity index (χ1n) is 10.6. The number of nitro benzene ring substituents is 1. The quantitative estimate of drug-likeness (QED) is 0.151. The van der Waals surface area contributed by atoms with Crippen molar-refractivity contribution in [1.29, 1.82) is 5.26 Å². The average Bonchev–Trinajstić information content (AvgIpc) is 2.83. The van der Waals surface area contributed by atoms with Gasteiger partial charge in [-0.05, 0) is 65.2 Å². The lowest BCUT2D eigenvalue weighted by Crippen LogP contribution is -2.13. The molecule has 0 fully saturated rings. The second-order valence-electron chi connectivity index (χ2n) is 7.47. The summed E-state index contributed by atoms with van der Waals surface area (Å²) in [6.45, 7) is 4.58. The highest BCUT2D eigenvalue weighted by Crippen LogP contribution is 2.38. The lowest BCUT2D eigenvalue weighted by molar-refractivity contribution is -0.384. The molecule has 0 bridgehead atoms. The molecule has 0 radical (unpaired) electrons. The van der Waals surface area contributed by atoms with Gasteiger partial charge in [0.05, 0.1) is 16.0 Å². The van der Waals surface area contributed by atoms with Crippen LogP contribution < -0.4 is 14.8 Å². The summed E-state index contributed by atoms with van der Waals surface area (Å²) in [4.78, 5) is 23.0. The second kappa shape index (κ2) is 11.8. The van der Waals surface area contributed by atoms with Crippen molar-refractivity contribution < 1.29 is 19.2 Å². The zero-order valence-corrected chi connectivity index (χ0v) is 20.7. The monoisotopic (exact) mass is 535 g/mol. The van der Waals surface area contributed by atoms with Crippen molar-refractivity contribution in [2.75, 3.05) is 11.9 Å². The van der Waals surface area contributed by atoms with Crippen molar-refractivity contribution in [3.8, 4) is 17.6 Å². The van der Waals surface area contributed by atoms with Crippen LogP contribution in [0.3, 0.4) is 0 Å². The Kier molecular flexibility index (Phi) is 8.59. The number of halogens is 1. The van der Waals surface area contributed by atoms with Crippen LogP contribution in [0.15, 0.2) is 70.7 Å². The molecule has 3 aromatic rings. The van der Waals surface area contributed by atoms with E-state index in [4.69, 9.17) is 9.47 Å². The number of benzene rings is 3. The van der Waals surface area contributed by atoms with E-state index in [9.17, 15) is 20.2 Å². The summed E-state index contributed by atoms with van der Waals surface area (Å²) in [6.07, 6.45) is 1.41. The summed E-state index contributed by atoms with van der Waals surface area (Å²) in [5.74, 6) is 0.266. The van der Waals surface area contributed by atoms with Crippen LogP contribution >= 0.6 is 15.9 Å². The standard InChI is InChI=1S/C26H22BrN3O5/c1-3-34-24-13-19(12-23(27)25(24)35-16-18-9-7-17(2)8-10-18)11-20(15-28)26(31)29-21-5-4-6-22(14-21)30(32)33/h4-14H,3,16H2,1-2H3,(H,29,31)/b20-11-. The lowest BCUT2D eigenvalue weighted by atomic mass is 10.1. The molecule has 0 aromatic heterocycles. The first-order chi connectivity index (χ1) is 16.8. The minimum atomic E-state index is -0.693.